The number of halogens is 1. The van der Waals surface area contributed by atoms with Crippen molar-refractivity contribution in [2.75, 3.05) is 26.1 Å². The Balaban J connectivity index is 2.08. The monoisotopic (exact) mass is 398 g/mol. The zero-order chi connectivity index (χ0) is 19.3. The van der Waals surface area contributed by atoms with Crippen LogP contribution in [0.2, 0.25) is 5.02 Å². The zero-order valence-electron chi connectivity index (χ0n) is 14.5. The fourth-order valence-corrected chi connectivity index (χ4v) is 3.64. The molecule has 1 amide bonds. The van der Waals surface area contributed by atoms with Crippen LogP contribution in [0.15, 0.2) is 41.3 Å². The Morgan fingerprint density at radius 3 is 2.46 bits per heavy atom. The summed E-state index contributed by atoms with van der Waals surface area (Å²) < 4.78 is 37.3. The van der Waals surface area contributed by atoms with Crippen LogP contribution in [0, 0.1) is 6.92 Å². The third-order valence-corrected chi connectivity index (χ3v) is 5.33. The number of ether oxygens (including phenoxy) is 2. The number of amides is 1. The summed E-state index contributed by atoms with van der Waals surface area (Å²) in [7, 11) is -0.903. The molecule has 9 heteroatoms. The van der Waals surface area contributed by atoms with E-state index in [9.17, 15) is 13.2 Å². The van der Waals surface area contributed by atoms with Crippen LogP contribution in [-0.4, -0.2) is 35.1 Å². The van der Waals surface area contributed by atoms with Crippen molar-refractivity contribution in [3.05, 3.63) is 47.0 Å². The van der Waals surface area contributed by atoms with Crippen molar-refractivity contribution in [1.29, 1.82) is 0 Å². The maximum atomic E-state index is 12.4. The molecule has 0 aliphatic carbocycles. The van der Waals surface area contributed by atoms with Gasteiger partial charge in [-0.2, -0.15) is 0 Å². The first-order chi connectivity index (χ1) is 12.3. The molecular formula is C17H19ClN2O5S. The van der Waals surface area contributed by atoms with E-state index in [-0.39, 0.29) is 4.90 Å². The van der Waals surface area contributed by atoms with Crippen molar-refractivity contribution >= 4 is 33.2 Å². The molecule has 0 fully saturated rings. The topological polar surface area (TPSA) is 93.7 Å². The Kier molecular flexibility index (Phi) is 6.47. The second-order valence-electron chi connectivity index (χ2n) is 5.35. The van der Waals surface area contributed by atoms with E-state index in [1.54, 1.807) is 31.2 Å². The summed E-state index contributed by atoms with van der Waals surface area (Å²) in [5.74, 6) is 0.407. The maximum Gasteiger partial charge on any atom is 0.241 e. The largest absolute Gasteiger partial charge is 0.497 e. The lowest BCUT2D eigenvalue weighted by molar-refractivity contribution is -0.115. The van der Waals surface area contributed by atoms with Crippen molar-refractivity contribution in [1.82, 2.24) is 4.72 Å². The molecule has 0 aliphatic rings. The van der Waals surface area contributed by atoms with Gasteiger partial charge >= 0.3 is 0 Å². The van der Waals surface area contributed by atoms with E-state index in [1.165, 1.54) is 26.4 Å². The number of rotatable bonds is 7. The molecule has 2 aromatic rings. The molecule has 0 bridgehead atoms. The fourth-order valence-electron chi connectivity index (χ4n) is 2.26. The molecular weight excluding hydrogens is 380 g/mol. The summed E-state index contributed by atoms with van der Waals surface area (Å²) in [5, 5.41) is 2.98. The van der Waals surface area contributed by atoms with Crippen LogP contribution in [-0.2, 0) is 14.8 Å². The highest BCUT2D eigenvalue weighted by molar-refractivity contribution is 7.89. The van der Waals surface area contributed by atoms with Gasteiger partial charge in [0.15, 0.2) is 0 Å². The molecule has 2 N–H and O–H groups in total. The minimum atomic E-state index is -3.85. The highest BCUT2D eigenvalue weighted by Gasteiger charge is 2.19. The molecule has 0 unspecified atom stereocenters. The van der Waals surface area contributed by atoms with Gasteiger partial charge in [0.2, 0.25) is 15.9 Å². The normalized spacial score (nSPS) is 11.1. The first-order valence-corrected chi connectivity index (χ1v) is 9.40. The molecule has 0 aromatic heterocycles. The highest BCUT2D eigenvalue weighted by atomic mass is 35.5. The maximum absolute atomic E-state index is 12.4. The second-order valence-corrected chi connectivity index (χ2v) is 7.52. The Bertz CT molecular complexity index is 915. The number of carbonyl (C=O) groups excluding carboxylic acids is 1. The van der Waals surface area contributed by atoms with Crippen molar-refractivity contribution in [2.45, 2.75) is 11.8 Å². The molecule has 0 saturated carbocycles. The Morgan fingerprint density at radius 2 is 1.85 bits per heavy atom. The minimum Gasteiger partial charge on any atom is -0.497 e. The number of methoxy groups -OCH3 is 2. The molecule has 140 valence electrons. The summed E-state index contributed by atoms with van der Waals surface area (Å²) in [5.41, 5.74) is 0.860. The molecule has 0 saturated heterocycles. The van der Waals surface area contributed by atoms with Crippen LogP contribution in [0.4, 0.5) is 5.69 Å². The Morgan fingerprint density at radius 1 is 1.12 bits per heavy atom. The van der Waals surface area contributed by atoms with Crippen molar-refractivity contribution in [3.63, 3.8) is 0 Å². The quantitative estimate of drug-likeness (QED) is 0.747. The number of hydrogen-bond donors (Lipinski definition) is 2. The summed E-state index contributed by atoms with van der Waals surface area (Å²) in [6.07, 6.45) is 0. The van der Waals surface area contributed by atoms with Gasteiger partial charge in [-0.15, -0.1) is 0 Å². The van der Waals surface area contributed by atoms with Gasteiger partial charge in [0.05, 0.1) is 31.3 Å². The van der Waals surface area contributed by atoms with Gasteiger partial charge < -0.3 is 14.8 Å². The predicted octanol–water partition coefficient (Wildman–Crippen LogP) is 2.58. The molecule has 0 radical (unpaired) electrons. The smallest absolute Gasteiger partial charge is 0.241 e. The average Bonchev–Trinajstić information content (AvgIpc) is 2.60. The minimum absolute atomic E-state index is 0.0754. The predicted molar refractivity (Wildman–Crippen MR) is 99.6 cm³/mol. The highest BCUT2D eigenvalue weighted by Crippen LogP contribution is 2.27. The van der Waals surface area contributed by atoms with Crippen LogP contribution < -0.4 is 19.5 Å². The van der Waals surface area contributed by atoms with Gasteiger partial charge in [-0.3, -0.25) is 4.79 Å². The summed E-state index contributed by atoms with van der Waals surface area (Å²) in [4.78, 5) is 12.2. The SMILES string of the molecule is COc1ccc(S(=O)(=O)NCC(=O)Nc2cc(Cl)ccc2OC)c(C)c1. The molecule has 0 atom stereocenters. The van der Waals surface area contributed by atoms with Gasteiger partial charge in [-0.1, -0.05) is 11.6 Å². The lowest BCUT2D eigenvalue weighted by Crippen LogP contribution is -2.33. The third kappa shape index (κ3) is 4.87. The number of nitrogens with one attached hydrogen (secondary N) is 2. The van der Waals surface area contributed by atoms with E-state index in [1.807, 2.05) is 0 Å². The molecule has 2 aromatic carbocycles. The molecule has 0 spiro atoms. The van der Waals surface area contributed by atoms with Gasteiger partial charge in [-0.05, 0) is 48.9 Å². The summed E-state index contributed by atoms with van der Waals surface area (Å²) >= 11 is 5.90. The van der Waals surface area contributed by atoms with Crippen molar-refractivity contribution in [2.24, 2.45) is 0 Å². The lowest BCUT2D eigenvalue weighted by Gasteiger charge is -2.12. The van der Waals surface area contributed by atoms with Gasteiger partial charge in [0, 0.05) is 5.02 Å². The van der Waals surface area contributed by atoms with Gasteiger partial charge in [0.25, 0.3) is 0 Å². The fraction of sp³-hybridized carbons (Fsp3) is 0.235. The average molecular weight is 399 g/mol. The summed E-state index contributed by atoms with van der Waals surface area (Å²) in [6.45, 7) is 1.21. The molecule has 2 rings (SSSR count). The number of anilines is 1. The number of aryl methyl sites for hydroxylation is 1. The van der Waals surface area contributed by atoms with Crippen LogP contribution in [0.1, 0.15) is 5.56 Å². The van der Waals surface area contributed by atoms with Crippen molar-refractivity contribution in [3.8, 4) is 11.5 Å². The van der Waals surface area contributed by atoms with E-state index in [4.69, 9.17) is 21.1 Å². The van der Waals surface area contributed by atoms with Crippen LogP contribution in [0.3, 0.4) is 0 Å². The van der Waals surface area contributed by atoms with Crippen LogP contribution in [0.25, 0.3) is 0 Å². The van der Waals surface area contributed by atoms with Crippen LogP contribution in [0.5, 0.6) is 11.5 Å². The molecule has 0 heterocycles. The first kappa shape index (κ1) is 20.0. The Hall–Kier alpha value is -2.29. The van der Waals surface area contributed by atoms with Gasteiger partial charge in [-0.25, -0.2) is 13.1 Å². The summed E-state index contributed by atoms with van der Waals surface area (Å²) in [6, 6.07) is 9.30. The molecule has 0 aliphatic heterocycles. The number of hydrogen-bond acceptors (Lipinski definition) is 5. The lowest BCUT2D eigenvalue weighted by atomic mass is 10.2. The van der Waals surface area contributed by atoms with E-state index >= 15 is 0 Å². The third-order valence-electron chi connectivity index (χ3n) is 3.53. The molecule has 7 nitrogen and oxygen atoms in total. The van der Waals surface area contributed by atoms with E-state index in [0.717, 1.165) is 0 Å². The van der Waals surface area contributed by atoms with Crippen molar-refractivity contribution < 1.29 is 22.7 Å². The van der Waals surface area contributed by atoms with E-state index < -0.39 is 22.5 Å². The number of benzene rings is 2. The molecule has 26 heavy (non-hydrogen) atoms. The van der Waals surface area contributed by atoms with Crippen LogP contribution >= 0.6 is 11.6 Å². The second kappa shape index (κ2) is 8.39. The standard InChI is InChI=1S/C17H19ClN2O5S/c1-11-8-13(24-2)5-7-16(11)26(22,23)19-10-17(21)20-14-9-12(18)4-6-15(14)25-3/h4-9,19H,10H2,1-3H3,(H,20,21). The Labute approximate surface area is 157 Å². The zero-order valence-corrected chi connectivity index (χ0v) is 16.1. The number of sulfonamides is 1. The first-order valence-electron chi connectivity index (χ1n) is 7.54. The van der Waals surface area contributed by atoms with Gasteiger partial charge in [0.1, 0.15) is 11.5 Å². The van der Waals surface area contributed by atoms with E-state index in [2.05, 4.69) is 10.0 Å². The van der Waals surface area contributed by atoms with E-state index in [0.29, 0.717) is 27.8 Å². The number of carbonyl (C=O) groups is 1.